The fraction of sp³-hybridized carbons (Fsp3) is 0.318. The summed E-state index contributed by atoms with van der Waals surface area (Å²) in [5.41, 5.74) is 2.54. The van der Waals surface area contributed by atoms with Gasteiger partial charge in [0.1, 0.15) is 5.82 Å². The molecule has 3 aromatic rings. The Balaban J connectivity index is 1.51. The summed E-state index contributed by atoms with van der Waals surface area (Å²) in [4.78, 5) is 20.6. The van der Waals surface area contributed by atoms with Gasteiger partial charge in [-0.2, -0.15) is 0 Å². The van der Waals surface area contributed by atoms with Gasteiger partial charge in [-0.15, -0.1) is 0 Å². The molecule has 4 nitrogen and oxygen atoms in total. The monoisotopic (exact) mass is 399 g/mol. The van der Waals surface area contributed by atoms with E-state index in [1.807, 2.05) is 41.4 Å². The average Bonchev–Trinajstić information content (AvgIpc) is 3.12. The first-order valence-corrected chi connectivity index (χ1v) is 9.86. The third-order valence-electron chi connectivity index (χ3n) is 5.55. The van der Waals surface area contributed by atoms with Gasteiger partial charge in [0.15, 0.2) is 0 Å². The Kier molecular flexibility index (Phi) is 5.13. The number of halogens is 2. The van der Waals surface area contributed by atoms with Gasteiger partial charge in [0.25, 0.3) is 5.91 Å². The first-order valence-electron chi connectivity index (χ1n) is 9.48. The molecule has 1 amide bonds. The Hall–Kier alpha value is -2.37. The molecule has 0 saturated carbocycles. The Labute approximate surface area is 168 Å². The summed E-state index contributed by atoms with van der Waals surface area (Å²) in [5, 5.41) is 1.44. The molecule has 1 aromatic heterocycles. The topological polar surface area (TPSA) is 39.3 Å². The first-order chi connectivity index (χ1) is 13.4. The summed E-state index contributed by atoms with van der Waals surface area (Å²) >= 11 is 6.40. The van der Waals surface area contributed by atoms with Crippen molar-refractivity contribution in [3.63, 3.8) is 0 Å². The van der Waals surface area contributed by atoms with Gasteiger partial charge in [0, 0.05) is 48.8 Å². The quantitative estimate of drug-likeness (QED) is 0.693. The van der Waals surface area contributed by atoms with Crippen LogP contribution in [0, 0.1) is 5.82 Å². The number of H-pyrrole nitrogens is 1. The van der Waals surface area contributed by atoms with Crippen LogP contribution in [0.2, 0.25) is 5.02 Å². The molecular weight excluding hydrogens is 377 g/mol. The van der Waals surface area contributed by atoms with Gasteiger partial charge in [-0.3, -0.25) is 9.69 Å². The number of aromatic amines is 1. The third-order valence-corrected chi connectivity index (χ3v) is 5.86. The zero-order valence-electron chi connectivity index (χ0n) is 16.0. The zero-order valence-corrected chi connectivity index (χ0v) is 16.7. The molecule has 1 aliphatic heterocycles. The van der Waals surface area contributed by atoms with Gasteiger partial charge in [-0.25, -0.2) is 4.39 Å². The van der Waals surface area contributed by atoms with Crippen LogP contribution in [0.5, 0.6) is 0 Å². The lowest BCUT2D eigenvalue weighted by atomic mass is 10.0. The average molecular weight is 400 g/mol. The minimum absolute atomic E-state index is 0.0334. The second-order valence-electron chi connectivity index (χ2n) is 7.61. The highest BCUT2D eigenvalue weighted by Crippen LogP contribution is 2.27. The number of carbonyl (C=O) groups is 1. The van der Waals surface area contributed by atoms with Gasteiger partial charge < -0.3 is 9.88 Å². The van der Waals surface area contributed by atoms with Crippen molar-refractivity contribution in [3.8, 4) is 0 Å². The molecule has 0 radical (unpaired) electrons. The van der Waals surface area contributed by atoms with E-state index in [0.717, 1.165) is 29.6 Å². The summed E-state index contributed by atoms with van der Waals surface area (Å²) in [5.74, 6) is -0.259. The van der Waals surface area contributed by atoms with Crippen LogP contribution in [-0.2, 0) is 6.54 Å². The molecule has 2 aromatic carbocycles. The van der Waals surface area contributed by atoms with E-state index in [0.29, 0.717) is 17.1 Å². The van der Waals surface area contributed by atoms with Crippen LogP contribution in [-0.4, -0.2) is 45.9 Å². The van der Waals surface area contributed by atoms with Gasteiger partial charge in [0.2, 0.25) is 0 Å². The van der Waals surface area contributed by atoms with Crippen LogP contribution in [0.4, 0.5) is 4.39 Å². The number of nitrogens with zero attached hydrogens (tertiary/aromatic N) is 2. The van der Waals surface area contributed by atoms with E-state index in [-0.39, 0.29) is 23.8 Å². The summed E-state index contributed by atoms with van der Waals surface area (Å²) in [7, 11) is 0. The van der Waals surface area contributed by atoms with Crippen LogP contribution in [0.15, 0.2) is 48.7 Å². The van der Waals surface area contributed by atoms with E-state index in [1.165, 1.54) is 12.1 Å². The Morgan fingerprint density at radius 2 is 1.89 bits per heavy atom. The van der Waals surface area contributed by atoms with Crippen molar-refractivity contribution in [2.45, 2.75) is 32.5 Å². The normalized spacial score (nSPS) is 20.6. The fourth-order valence-corrected chi connectivity index (χ4v) is 4.16. The standard InChI is InChI=1S/C22H23ClFN3O/c1-14-12-27(15(2)11-26(14)13-16-3-5-18(24)6-4-16)22(28)19-9-17-7-8-25-21(17)10-20(19)23/h3-10,14-15,25H,11-13H2,1-2H3/t14-,15+/m0/s1. The van der Waals surface area contributed by atoms with Crippen LogP contribution in [0.3, 0.4) is 0 Å². The highest BCUT2D eigenvalue weighted by Gasteiger charge is 2.33. The molecule has 28 heavy (non-hydrogen) atoms. The Bertz CT molecular complexity index is 1000. The van der Waals surface area contributed by atoms with E-state index in [9.17, 15) is 9.18 Å². The SMILES string of the molecule is C[C@@H]1CN(Cc2ccc(F)cc2)[C@@H](C)CN1C(=O)c1cc2cc[nH]c2cc1Cl. The molecule has 0 bridgehead atoms. The number of hydrogen-bond acceptors (Lipinski definition) is 2. The summed E-state index contributed by atoms with van der Waals surface area (Å²) in [6.45, 7) is 6.30. The van der Waals surface area contributed by atoms with Crippen molar-refractivity contribution in [1.82, 2.24) is 14.8 Å². The summed E-state index contributed by atoms with van der Waals surface area (Å²) < 4.78 is 13.1. The number of amides is 1. The maximum atomic E-state index is 13.2. The van der Waals surface area contributed by atoms with Crippen molar-refractivity contribution in [2.24, 2.45) is 0 Å². The number of fused-ring (bicyclic) bond motifs is 1. The second kappa shape index (κ2) is 7.57. The van der Waals surface area contributed by atoms with Crippen molar-refractivity contribution >= 4 is 28.4 Å². The largest absolute Gasteiger partial charge is 0.361 e. The maximum Gasteiger partial charge on any atom is 0.255 e. The molecular formula is C22H23ClFN3O. The smallest absolute Gasteiger partial charge is 0.255 e. The van der Waals surface area contributed by atoms with Gasteiger partial charge in [-0.1, -0.05) is 23.7 Å². The molecule has 1 saturated heterocycles. The lowest BCUT2D eigenvalue weighted by Crippen LogP contribution is -2.57. The number of carbonyl (C=O) groups excluding carboxylic acids is 1. The van der Waals surface area contributed by atoms with E-state index in [2.05, 4.69) is 23.7 Å². The summed E-state index contributed by atoms with van der Waals surface area (Å²) in [6, 6.07) is 12.5. The number of nitrogens with one attached hydrogen (secondary N) is 1. The second-order valence-corrected chi connectivity index (χ2v) is 8.02. The Morgan fingerprint density at radius 3 is 2.64 bits per heavy atom. The highest BCUT2D eigenvalue weighted by molar-refractivity contribution is 6.34. The van der Waals surface area contributed by atoms with Crippen molar-refractivity contribution < 1.29 is 9.18 Å². The van der Waals surface area contributed by atoms with Crippen molar-refractivity contribution in [2.75, 3.05) is 13.1 Å². The molecule has 0 unspecified atom stereocenters. The van der Waals surface area contributed by atoms with E-state index in [4.69, 9.17) is 11.6 Å². The maximum absolute atomic E-state index is 13.2. The van der Waals surface area contributed by atoms with E-state index in [1.54, 1.807) is 0 Å². The molecule has 4 rings (SSSR count). The lowest BCUT2D eigenvalue weighted by molar-refractivity contribution is 0.0291. The predicted octanol–water partition coefficient (Wildman–Crippen LogP) is 4.70. The van der Waals surface area contributed by atoms with Crippen LogP contribution < -0.4 is 0 Å². The molecule has 0 aliphatic carbocycles. The third kappa shape index (κ3) is 3.64. The minimum Gasteiger partial charge on any atom is -0.361 e. The highest BCUT2D eigenvalue weighted by atomic mass is 35.5. The molecule has 1 aliphatic rings. The number of benzene rings is 2. The molecule has 1 N–H and O–H groups in total. The van der Waals surface area contributed by atoms with E-state index < -0.39 is 0 Å². The van der Waals surface area contributed by atoms with Crippen LogP contribution in [0.1, 0.15) is 29.8 Å². The van der Waals surface area contributed by atoms with Gasteiger partial charge in [-0.05, 0) is 49.7 Å². The van der Waals surface area contributed by atoms with Gasteiger partial charge >= 0.3 is 0 Å². The number of piperazine rings is 1. The molecule has 2 heterocycles. The summed E-state index contributed by atoms with van der Waals surface area (Å²) in [6.07, 6.45) is 1.84. The molecule has 0 spiro atoms. The van der Waals surface area contributed by atoms with E-state index >= 15 is 0 Å². The molecule has 2 atom stereocenters. The molecule has 6 heteroatoms. The Morgan fingerprint density at radius 1 is 1.14 bits per heavy atom. The van der Waals surface area contributed by atoms with Crippen molar-refractivity contribution in [3.05, 3.63) is 70.6 Å². The lowest BCUT2D eigenvalue weighted by Gasteiger charge is -2.44. The van der Waals surface area contributed by atoms with Gasteiger partial charge in [0.05, 0.1) is 10.6 Å². The molecule has 1 fully saturated rings. The first kappa shape index (κ1) is 19.0. The van der Waals surface area contributed by atoms with Crippen LogP contribution in [0.25, 0.3) is 10.9 Å². The minimum atomic E-state index is -0.225. The predicted molar refractivity (Wildman–Crippen MR) is 110 cm³/mol. The number of rotatable bonds is 3. The number of aromatic nitrogens is 1. The fourth-order valence-electron chi connectivity index (χ4n) is 3.92. The number of hydrogen-bond donors (Lipinski definition) is 1. The molecule has 146 valence electrons. The van der Waals surface area contributed by atoms with Crippen LogP contribution >= 0.6 is 11.6 Å². The van der Waals surface area contributed by atoms with Crippen molar-refractivity contribution in [1.29, 1.82) is 0 Å². The zero-order chi connectivity index (χ0) is 19.8.